The van der Waals surface area contributed by atoms with Crippen LogP contribution in [0.4, 0.5) is 0 Å². The molecule has 0 bridgehead atoms. The third kappa shape index (κ3) is 43.2. The molecule has 48 heavy (non-hydrogen) atoms. The molecule has 0 aliphatic heterocycles. The molecule has 0 aromatic heterocycles. The number of carbonyl (C=O) groups excluding carboxylic acids is 1. The van der Waals surface area contributed by atoms with Gasteiger partial charge in [0, 0.05) is 6.42 Å². The van der Waals surface area contributed by atoms with Crippen LogP contribution >= 0.6 is 0 Å². The van der Waals surface area contributed by atoms with Gasteiger partial charge in [-0.05, 0) is 26.1 Å². The standard InChI is InChI=1S/C33H68O14Si/c1-5-6-7-8-33(34)46-31-29-44-27-25-42-23-21-40-19-17-38-15-13-36-11-9-35-10-12-37-14-16-39-18-20-41-22-24-43-26-28-45-30-32-47-48(2,3)4/h5-32H2,1-4H3. The van der Waals surface area contributed by atoms with Gasteiger partial charge in [0.2, 0.25) is 0 Å². The van der Waals surface area contributed by atoms with Gasteiger partial charge in [0.15, 0.2) is 8.32 Å². The molecule has 0 aliphatic rings. The Labute approximate surface area is 291 Å². The molecular formula is C33H68O14Si. The molecule has 0 saturated heterocycles. The average molecular weight is 717 g/mol. The molecule has 0 aromatic carbocycles. The van der Waals surface area contributed by atoms with Crippen LogP contribution < -0.4 is 0 Å². The normalized spacial score (nSPS) is 11.8. The first kappa shape index (κ1) is 47.2. The second kappa shape index (κ2) is 39.0. The lowest BCUT2D eigenvalue weighted by Crippen LogP contribution is -2.27. The number of esters is 1. The van der Waals surface area contributed by atoms with Gasteiger partial charge < -0.3 is 61.3 Å². The third-order valence-electron chi connectivity index (χ3n) is 5.96. The molecule has 0 spiro atoms. The van der Waals surface area contributed by atoms with Crippen LogP contribution in [0.5, 0.6) is 0 Å². The van der Waals surface area contributed by atoms with Crippen molar-refractivity contribution in [3.63, 3.8) is 0 Å². The average Bonchev–Trinajstić information content (AvgIpc) is 3.05. The van der Waals surface area contributed by atoms with Crippen molar-refractivity contribution in [2.24, 2.45) is 0 Å². The van der Waals surface area contributed by atoms with E-state index in [-0.39, 0.29) is 12.6 Å². The predicted octanol–water partition coefficient (Wildman–Crippen LogP) is 3.14. The Hall–Kier alpha value is -0.793. The maximum absolute atomic E-state index is 11.5. The first-order valence-corrected chi connectivity index (χ1v) is 21.0. The van der Waals surface area contributed by atoms with Crippen molar-refractivity contribution in [3.8, 4) is 0 Å². The Morgan fingerprint density at radius 2 is 0.625 bits per heavy atom. The van der Waals surface area contributed by atoms with E-state index in [0.717, 1.165) is 19.3 Å². The summed E-state index contributed by atoms with van der Waals surface area (Å²) in [6.07, 6.45) is 3.49. The Bertz CT molecular complexity index is 642. The smallest absolute Gasteiger partial charge is 0.305 e. The SMILES string of the molecule is CCCCCC(=O)OCCOCCOCCOCCOCCOCCOCCOCCOCCOCCOCCOCCO[Si](C)(C)C. The number of ether oxygens (including phenoxy) is 12. The summed E-state index contributed by atoms with van der Waals surface area (Å²) in [6.45, 7) is 20.6. The molecule has 14 nitrogen and oxygen atoms in total. The summed E-state index contributed by atoms with van der Waals surface area (Å²) in [5.41, 5.74) is 0. The molecule has 0 aromatic rings. The summed E-state index contributed by atoms with van der Waals surface area (Å²) in [7, 11) is -1.45. The Kier molecular flexibility index (Phi) is 38.4. The van der Waals surface area contributed by atoms with Crippen molar-refractivity contribution in [1.82, 2.24) is 0 Å². The number of carbonyl (C=O) groups is 1. The maximum Gasteiger partial charge on any atom is 0.305 e. The molecule has 288 valence electrons. The molecule has 0 aliphatic carbocycles. The van der Waals surface area contributed by atoms with Crippen LogP contribution in [-0.4, -0.2) is 173 Å². The van der Waals surface area contributed by atoms with Gasteiger partial charge in [0.1, 0.15) is 6.61 Å². The minimum Gasteiger partial charge on any atom is -0.463 e. The lowest BCUT2D eigenvalue weighted by atomic mass is 10.2. The van der Waals surface area contributed by atoms with Crippen LogP contribution in [0.2, 0.25) is 19.6 Å². The molecule has 0 atom stereocenters. The van der Waals surface area contributed by atoms with Crippen LogP contribution in [0.3, 0.4) is 0 Å². The highest BCUT2D eigenvalue weighted by Crippen LogP contribution is 2.01. The summed E-state index contributed by atoms with van der Waals surface area (Å²) in [5, 5.41) is 0. The fraction of sp³-hybridized carbons (Fsp3) is 0.970. The first-order chi connectivity index (χ1) is 23.5. The second-order valence-corrected chi connectivity index (χ2v) is 15.9. The number of hydrogen-bond donors (Lipinski definition) is 0. The molecule has 0 rings (SSSR count). The lowest BCUT2D eigenvalue weighted by molar-refractivity contribution is -0.145. The van der Waals surface area contributed by atoms with E-state index in [1.165, 1.54) is 0 Å². The van der Waals surface area contributed by atoms with E-state index < -0.39 is 8.32 Å². The van der Waals surface area contributed by atoms with Gasteiger partial charge in [0.25, 0.3) is 0 Å². The van der Waals surface area contributed by atoms with Gasteiger partial charge in [0.05, 0.1) is 152 Å². The highest BCUT2D eigenvalue weighted by atomic mass is 28.4. The van der Waals surface area contributed by atoms with Crippen LogP contribution in [0.25, 0.3) is 0 Å². The summed E-state index contributed by atoms with van der Waals surface area (Å²) >= 11 is 0. The summed E-state index contributed by atoms with van der Waals surface area (Å²) in [4.78, 5) is 11.5. The Morgan fingerprint density at radius 3 is 0.875 bits per heavy atom. The fourth-order valence-electron chi connectivity index (χ4n) is 3.51. The van der Waals surface area contributed by atoms with Crippen LogP contribution in [0, 0.1) is 0 Å². The number of hydrogen-bond acceptors (Lipinski definition) is 14. The quantitative estimate of drug-likeness (QED) is 0.0521. The molecule has 0 N–H and O–H groups in total. The summed E-state index contributed by atoms with van der Waals surface area (Å²) in [5.74, 6) is -0.159. The van der Waals surface area contributed by atoms with Crippen LogP contribution in [0.15, 0.2) is 0 Å². The number of unbranched alkanes of at least 4 members (excludes halogenated alkanes) is 2. The van der Waals surface area contributed by atoms with Crippen molar-refractivity contribution in [2.45, 2.75) is 52.2 Å². The van der Waals surface area contributed by atoms with Crippen LogP contribution in [-0.2, 0) is 66.1 Å². The monoisotopic (exact) mass is 716 g/mol. The molecular weight excluding hydrogens is 648 g/mol. The highest BCUT2D eigenvalue weighted by Gasteiger charge is 2.13. The zero-order valence-corrected chi connectivity index (χ0v) is 31.5. The van der Waals surface area contributed by atoms with Crippen molar-refractivity contribution >= 4 is 14.3 Å². The van der Waals surface area contributed by atoms with E-state index in [1.54, 1.807) is 0 Å². The van der Waals surface area contributed by atoms with E-state index in [1.807, 2.05) is 0 Å². The zero-order valence-electron chi connectivity index (χ0n) is 30.5. The van der Waals surface area contributed by atoms with E-state index in [4.69, 9.17) is 61.3 Å². The minimum absolute atomic E-state index is 0.159. The summed E-state index contributed by atoms with van der Waals surface area (Å²) in [6, 6.07) is 0. The Balaban J connectivity index is 3.09. The van der Waals surface area contributed by atoms with Gasteiger partial charge in [-0.25, -0.2) is 0 Å². The predicted molar refractivity (Wildman–Crippen MR) is 183 cm³/mol. The van der Waals surface area contributed by atoms with Gasteiger partial charge >= 0.3 is 5.97 Å². The Morgan fingerprint density at radius 1 is 0.375 bits per heavy atom. The van der Waals surface area contributed by atoms with Crippen molar-refractivity contribution in [1.29, 1.82) is 0 Å². The van der Waals surface area contributed by atoms with Gasteiger partial charge in [-0.3, -0.25) is 4.79 Å². The van der Waals surface area contributed by atoms with E-state index >= 15 is 0 Å². The molecule has 0 amide bonds. The molecule has 15 heteroatoms. The molecule has 0 radical (unpaired) electrons. The zero-order chi connectivity index (χ0) is 35.1. The summed E-state index contributed by atoms with van der Waals surface area (Å²) < 4.78 is 70.9. The van der Waals surface area contributed by atoms with Crippen molar-refractivity contribution in [2.75, 3.05) is 159 Å². The van der Waals surface area contributed by atoms with E-state index in [2.05, 4.69) is 26.6 Å². The molecule has 0 saturated carbocycles. The van der Waals surface area contributed by atoms with Gasteiger partial charge in [-0.1, -0.05) is 19.8 Å². The highest BCUT2D eigenvalue weighted by molar-refractivity contribution is 6.69. The number of rotatable bonds is 41. The third-order valence-corrected chi connectivity index (χ3v) is 7.03. The lowest BCUT2D eigenvalue weighted by Gasteiger charge is -2.16. The van der Waals surface area contributed by atoms with Gasteiger partial charge in [-0.15, -0.1) is 0 Å². The molecule has 0 fully saturated rings. The van der Waals surface area contributed by atoms with E-state index in [0.29, 0.717) is 158 Å². The maximum atomic E-state index is 11.5. The van der Waals surface area contributed by atoms with Crippen molar-refractivity contribution < 1.29 is 66.1 Å². The molecule has 0 heterocycles. The minimum atomic E-state index is -1.45. The largest absolute Gasteiger partial charge is 0.463 e. The topological polar surface area (TPSA) is 137 Å². The van der Waals surface area contributed by atoms with Crippen molar-refractivity contribution in [3.05, 3.63) is 0 Å². The van der Waals surface area contributed by atoms with E-state index in [9.17, 15) is 4.79 Å². The fourth-order valence-corrected chi connectivity index (χ4v) is 4.21. The molecule has 0 unspecified atom stereocenters. The first-order valence-electron chi connectivity index (χ1n) is 17.6. The van der Waals surface area contributed by atoms with Gasteiger partial charge in [-0.2, -0.15) is 0 Å². The van der Waals surface area contributed by atoms with Crippen LogP contribution in [0.1, 0.15) is 32.6 Å². The second-order valence-electron chi connectivity index (χ2n) is 11.4.